The van der Waals surface area contributed by atoms with Crippen molar-refractivity contribution in [3.05, 3.63) is 134 Å². The molecule has 0 spiro atoms. The predicted octanol–water partition coefficient (Wildman–Crippen LogP) is 7.54. The van der Waals surface area contributed by atoms with E-state index in [-0.39, 0.29) is 0 Å². The summed E-state index contributed by atoms with van der Waals surface area (Å²) in [5, 5.41) is 0.975. The molecule has 6 nitrogen and oxygen atoms in total. The third-order valence-electron chi connectivity index (χ3n) is 6.64. The summed E-state index contributed by atoms with van der Waals surface area (Å²) in [5.41, 5.74) is 6.33. The Hall–Kier alpha value is -5.62. The molecule has 3 heterocycles. The van der Waals surface area contributed by atoms with E-state index >= 15 is 0 Å². The summed E-state index contributed by atoms with van der Waals surface area (Å²) in [6, 6.07) is 40.1. The van der Waals surface area contributed by atoms with Crippen LogP contribution in [0.15, 0.2) is 134 Å². The first kappa shape index (κ1) is 23.5. The van der Waals surface area contributed by atoms with Crippen molar-refractivity contribution in [2.75, 3.05) is 0 Å². The van der Waals surface area contributed by atoms with Crippen molar-refractivity contribution in [1.29, 1.82) is 0 Å². The van der Waals surface area contributed by atoms with Gasteiger partial charge in [0, 0.05) is 45.6 Å². The number of nitrogens with zero attached hydrogens (tertiary/aromatic N) is 6. The molecular weight excluding hydrogens is 492 g/mol. The fraction of sp³-hybridized carbons (Fsp3) is 0. The van der Waals surface area contributed by atoms with Crippen LogP contribution >= 0.6 is 0 Å². The first-order valence-corrected chi connectivity index (χ1v) is 13.0. The molecule has 0 unspecified atom stereocenters. The van der Waals surface area contributed by atoms with E-state index in [2.05, 4.69) is 23.2 Å². The monoisotopic (exact) mass is 514 g/mol. The van der Waals surface area contributed by atoms with Gasteiger partial charge in [-0.05, 0) is 24.3 Å². The van der Waals surface area contributed by atoms with E-state index in [1.807, 2.05) is 103 Å². The number of benzene rings is 4. The summed E-state index contributed by atoms with van der Waals surface area (Å²) in [6.45, 7) is 0. The van der Waals surface area contributed by atoms with E-state index in [1.165, 1.54) is 0 Å². The number of aromatic nitrogens is 6. The highest BCUT2D eigenvalue weighted by Gasteiger charge is 2.15. The average molecular weight is 515 g/mol. The Bertz CT molecular complexity index is 1880. The smallest absolute Gasteiger partial charge is 0.164 e. The van der Waals surface area contributed by atoms with Crippen molar-refractivity contribution in [3.8, 4) is 56.8 Å². The van der Waals surface area contributed by atoms with Gasteiger partial charge in [-0.25, -0.2) is 24.9 Å². The SMILES string of the molecule is c1ccc(-c2nc(-c3ccccc3)nc(-c3cccc(-c4nc(-c5ccncc5)nc5ccccc45)c3)n2)cc1. The van der Waals surface area contributed by atoms with Gasteiger partial charge in [-0.2, -0.15) is 0 Å². The second-order valence-corrected chi connectivity index (χ2v) is 9.27. The molecule has 0 aliphatic rings. The van der Waals surface area contributed by atoms with E-state index in [0.717, 1.165) is 44.4 Å². The zero-order valence-electron chi connectivity index (χ0n) is 21.4. The summed E-state index contributed by atoms with van der Waals surface area (Å²) >= 11 is 0. The fourth-order valence-corrected chi connectivity index (χ4v) is 4.67. The van der Waals surface area contributed by atoms with Crippen LogP contribution < -0.4 is 0 Å². The molecule has 7 aromatic rings. The van der Waals surface area contributed by atoms with Crippen molar-refractivity contribution in [1.82, 2.24) is 29.9 Å². The van der Waals surface area contributed by atoms with Crippen molar-refractivity contribution in [2.24, 2.45) is 0 Å². The lowest BCUT2D eigenvalue weighted by atomic mass is 10.0. The second-order valence-electron chi connectivity index (χ2n) is 9.27. The van der Waals surface area contributed by atoms with E-state index in [1.54, 1.807) is 12.4 Å². The van der Waals surface area contributed by atoms with Crippen LogP contribution in [0.2, 0.25) is 0 Å². The van der Waals surface area contributed by atoms with Crippen LogP contribution in [0.25, 0.3) is 67.7 Å². The van der Waals surface area contributed by atoms with Crippen LogP contribution in [0.4, 0.5) is 0 Å². The second kappa shape index (κ2) is 10.3. The lowest BCUT2D eigenvalue weighted by Gasteiger charge is -2.11. The van der Waals surface area contributed by atoms with Gasteiger partial charge in [0.25, 0.3) is 0 Å². The molecule has 3 aromatic heterocycles. The van der Waals surface area contributed by atoms with Gasteiger partial charge >= 0.3 is 0 Å². The molecule has 4 aromatic carbocycles. The number of hydrogen-bond donors (Lipinski definition) is 0. The van der Waals surface area contributed by atoms with E-state index < -0.39 is 0 Å². The normalized spacial score (nSPS) is 11.0. The molecule has 0 aliphatic carbocycles. The van der Waals surface area contributed by atoms with Crippen molar-refractivity contribution < 1.29 is 0 Å². The van der Waals surface area contributed by atoms with E-state index in [4.69, 9.17) is 24.9 Å². The third kappa shape index (κ3) is 4.59. The molecule has 0 N–H and O–H groups in total. The Morgan fingerprint density at radius 3 is 1.52 bits per heavy atom. The molecule has 0 amide bonds. The lowest BCUT2D eigenvalue weighted by molar-refractivity contribution is 1.07. The van der Waals surface area contributed by atoms with Crippen molar-refractivity contribution in [2.45, 2.75) is 0 Å². The van der Waals surface area contributed by atoms with Gasteiger partial charge in [-0.3, -0.25) is 4.98 Å². The van der Waals surface area contributed by atoms with Crippen LogP contribution in [0, 0.1) is 0 Å². The highest BCUT2D eigenvalue weighted by molar-refractivity contribution is 5.94. The van der Waals surface area contributed by atoms with Crippen LogP contribution in [0.1, 0.15) is 0 Å². The largest absolute Gasteiger partial charge is 0.265 e. The Balaban J connectivity index is 1.40. The molecule has 0 radical (unpaired) electrons. The van der Waals surface area contributed by atoms with E-state index in [0.29, 0.717) is 23.3 Å². The van der Waals surface area contributed by atoms with Gasteiger partial charge in [0.1, 0.15) is 0 Å². The zero-order chi connectivity index (χ0) is 26.7. The number of para-hydroxylation sites is 1. The molecule has 7 rings (SSSR count). The third-order valence-corrected chi connectivity index (χ3v) is 6.64. The first-order valence-electron chi connectivity index (χ1n) is 13.0. The minimum Gasteiger partial charge on any atom is -0.265 e. The van der Waals surface area contributed by atoms with E-state index in [9.17, 15) is 0 Å². The Kier molecular flexibility index (Phi) is 6.03. The molecule has 0 fully saturated rings. The summed E-state index contributed by atoms with van der Waals surface area (Å²) in [7, 11) is 0. The minimum atomic E-state index is 0.599. The Labute approximate surface area is 231 Å². The highest BCUT2D eigenvalue weighted by Crippen LogP contribution is 2.32. The summed E-state index contributed by atoms with van der Waals surface area (Å²) < 4.78 is 0. The van der Waals surface area contributed by atoms with Gasteiger partial charge in [0.2, 0.25) is 0 Å². The summed E-state index contributed by atoms with van der Waals surface area (Å²) in [4.78, 5) is 28.6. The Morgan fingerprint density at radius 1 is 0.350 bits per heavy atom. The topological polar surface area (TPSA) is 77.3 Å². The van der Waals surface area contributed by atoms with Crippen LogP contribution in [0.3, 0.4) is 0 Å². The number of pyridine rings is 1. The van der Waals surface area contributed by atoms with Gasteiger partial charge in [0.05, 0.1) is 11.2 Å². The van der Waals surface area contributed by atoms with Crippen LogP contribution in [-0.2, 0) is 0 Å². The minimum absolute atomic E-state index is 0.599. The molecule has 0 aliphatic heterocycles. The van der Waals surface area contributed by atoms with Crippen LogP contribution in [-0.4, -0.2) is 29.9 Å². The summed E-state index contributed by atoms with van der Waals surface area (Å²) in [5.74, 6) is 2.51. The molecule has 0 bridgehead atoms. The number of fused-ring (bicyclic) bond motifs is 1. The highest BCUT2D eigenvalue weighted by atomic mass is 15.0. The quantitative estimate of drug-likeness (QED) is 0.236. The molecule has 6 heteroatoms. The summed E-state index contributed by atoms with van der Waals surface area (Å²) in [6.07, 6.45) is 3.51. The molecule has 0 atom stereocenters. The van der Waals surface area contributed by atoms with Gasteiger partial charge < -0.3 is 0 Å². The molecule has 0 saturated heterocycles. The van der Waals surface area contributed by atoms with Gasteiger partial charge in [0.15, 0.2) is 23.3 Å². The molecule has 188 valence electrons. The van der Waals surface area contributed by atoms with Crippen LogP contribution in [0.5, 0.6) is 0 Å². The maximum Gasteiger partial charge on any atom is 0.164 e. The zero-order valence-corrected chi connectivity index (χ0v) is 21.4. The van der Waals surface area contributed by atoms with Gasteiger partial charge in [-0.15, -0.1) is 0 Å². The van der Waals surface area contributed by atoms with Gasteiger partial charge in [-0.1, -0.05) is 97.1 Å². The predicted molar refractivity (Wildman–Crippen MR) is 158 cm³/mol. The van der Waals surface area contributed by atoms with Crippen molar-refractivity contribution in [3.63, 3.8) is 0 Å². The molecule has 40 heavy (non-hydrogen) atoms. The first-order chi connectivity index (χ1) is 19.8. The molecule has 0 saturated carbocycles. The molecular formula is C34H22N6. The number of rotatable bonds is 5. The van der Waals surface area contributed by atoms with Crippen molar-refractivity contribution >= 4 is 10.9 Å². The maximum absolute atomic E-state index is 5.01. The standard InChI is InChI=1S/C34H22N6/c1-3-10-23(11-4-1)32-38-33(24-12-5-2-6-13-24)40-34(39-32)27-15-9-14-26(22-27)30-28-16-7-8-17-29(28)36-31(37-30)25-18-20-35-21-19-25/h1-22H. The fourth-order valence-electron chi connectivity index (χ4n) is 4.67. The Morgan fingerprint density at radius 2 is 0.850 bits per heavy atom. The lowest BCUT2D eigenvalue weighted by Crippen LogP contribution is -2.00. The number of hydrogen-bond acceptors (Lipinski definition) is 6. The average Bonchev–Trinajstić information content (AvgIpc) is 3.05. The maximum atomic E-state index is 5.01.